The lowest BCUT2D eigenvalue weighted by Crippen LogP contribution is -2.59. The number of ether oxygens (including phenoxy) is 1. The number of piperazine rings is 1. The van der Waals surface area contributed by atoms with Crippen molar-refractivity contribution >= 4 is 74.0 Å². The van der Waals surface area contributed by atoms with Crippen molar-refractivity contribution in [1.82, 2.24) is 34.5 Å². The molecule has 3 aromatic heterocycles. The molecule has 1 spiro atoms. The quantitative estimate of drug-likeness (QED) is 0.142. The number of nitrogens with one attached hydrogen (secondary N) is 3. The van der Waals surface area contributed by atoms with Crippen molar-refractivity contribution < 1.29 is 27.5 Å². The van der Waals surface area contributed by atoms with E-state index in [2.05, 4.69) is 60.8 Å². The minimum absolute atomic E-state index is 0.0121. The van der Waals surface area contributed by atoms with E-state index in [0.29, 0.717) is 49.0 Å². The van der Waals surface area contributed by atoms with Crippen LogP contribution in [0.5, 0.6) is 5.75 Å². The molecule has 2 aromatic carbocycles. The van der Waals surface area contributed by atoms with Gasteiger partial charge in [0.2, 0.25) is 23.5 Å². The van der Waals surface area contributed by atoms with Gasteiger partial charge in [-0.2, -0.15) is 10.1 Å². The summed E-state index contributed by atoms with van der Waals surface area (Å²) in [6, 6.07) is 8.22. The van der Waals surface area contributed by atoms with Gasteiger partial charge < -0.3 is 29.7 Å². The molecule has 3 saturated heterocycles. The van der Waals surface area contributed by atoms with Gasteiger partial charge in [0, 0.05) is 93.8 Å². The van der Waals surface area contributed by atoms with E-state index in [0.717, 1.165) is 87.2 Å². The van der Waals surface area contributed by atoms with Crippen LogP contribution in [0.3, 0.4) is 0 Å². The van der Waals surface area contributed by atoms with Crippen molar-refractivity contribution in [3.05, 3.63) is 63.4 Å². The third-order valence-corrected chi connectivity index (χ3v) is 15.5. The van der Waals surface area contributed by atoms with Crippen LogP contribution in [0, 0.1) is 23.1 Å². The number of anilines is 5. The average Bonchev–Trinajstić information content (AvgIpc) is 4.09. The number of benzene rings is 2. The minimum atomic E-state index is -3.20. The lowest BCUT2D eigenvalue weighted by molar-refractivity contribution is -0.134. The van der Waals surface area contributed by atoms with Gasteiger partial charge in [0.15, 0.2) is 12.4 Å². The van der Waals surface area contributed by atoms with E-state index in [1.54, 1.807) is 0 Å². The topological polar surface area (TPSA) is 155 Å². The highest BCUT2D eigenvalue weighted by Gasteiger charge is 2.51. The molecule has 0 bridgehead atoms. The first-order valence-corrected chi connectivity index (χ1v) is 23.5. The molecule has 2 saturated carbocycles. The van der Waals surface area contributed by atoms with Crippen LogP contribution in [-0.2, 0) is 23.7 Å². The summed E-state index contributed by atoms with van der Waals surface area (Å²) in [4.78, 5) is 54.1. The Morgan fingerprint density at radius 1 is 0.970 bits per heavy atom. The van der Waals surface area contributed by atoms with Gasteiger partial charge in [-0.15, -0.1) is 0 Å². The number of alkyl halides is 2. The number of amides is 2. The van der Waals surface area contributed by atoms with Crippen LogP contribution in [0.15, 0.2) is 41.3 Å². The molecule has 3 N–H and O–H groups in total. The fourth-order valence-electron chi connectivity index (χ4n) is 11.2. The van der Waals surface area contributed by atoms with E-state index in [9.17, 15) is 14.4 Å². The zero-order valence-electron chi connectivity index (χ0n) is 37.2. The van der Waals surface area contributed by atoms with Crippen LogP contribution in [-0.4, -0.2) is 105 Å². The number of fused-ring (bicyclic) bond motifs is 4. The maximum absolute atomic E-state index is 15.8. The molecule has 2 aliphatic carbocycles. The van der Waals surface area contributed by atoms with Crippen LogP contribution < -0.4 is 36.0 Å². The summed E-state index contributed by atoms with van der Waals surface area (Å²) < 4.78 is 54.7. The first-order valence-electron chi connectivity index (χ1n) is 23.1. The zero-order chi connectivity index (χ0) is 45.8. The van der Waals surface area contributed by atoms with E-state index in [1.165, 1.54) is 29.9 Å². The highest BCUT2D eigenvalue weighted by atomic mass is 35.5. The summed E-state index contributed by atoms with van der Waals surface area (Å²) in [5.74, 6) is -3.98. The molecule has 19 heteroatoms. The SMILES string of the molecule is C[C@H]1CN(c2ccc3c(C4CCC(=O)NC4=O)nn(C)c3c2)CCN1CC1CCC2(CC1)CN(c1ncc(Cl)c(Nc3cc4c5c(c(=O)n(C)c4cc3F)OCC(F)(F)C(C3CC3)N5)n1)C2. The maximum atomic E-state index is 15.8. The van der Waals surface area contributed by atoms with Crippen molar-refractivity contribution in [2.45, 2.75) is 82.2 Å². The van der Waals surface area contributed by atoms with Gasteiger partial charge in [-0.1, -0.05) is 11.6 Å². The molecule has 2 amide bonds. The molecule has 6 aliphatic rings. The summed E-state index contributed by atoms with van der Waals surface area (Å²) in [6.45, 7) is 6.89. The van der Waals surface area contributed by atoms with E-state index < -0.39 is 35.9 Å². The Morgan fingerprint density at radius 2 is 1.76 bits per heavy atom. The number of aromatic nitrogens is 5. The van der Waals surface area contributed by atoms with Crippen LogP contribution >= 0.6 is 11.6 Å². The minimum Gasteiger partial charge on any atom is -0.480 e. The number of imide groups is 1. The van der Waals surface area contributed by atoms with Crippen LogP contribution in [0.1, 0.15) is 69.9 Å². The molecule has 11 rings (SSSR count). The van der Waals surface area contributed by atoms with Crippen molar-refractivity contribution in [3.63, 3.8) is 0 Å². The summed E-state index contributed by atoms with van der Waals surface area (Å²) in [6.07, 6.45) is 8.11. The number of nitrogens with zero attached hydrogens (tertiary/aromatic N) is 8. The summed E-state index contributed by atoms with van der Waals surface area (Å²) in [5, 5.41) is 14.7. The first-order chi connectivity index (χ1) is 31.6. The highest BCUT2D eigenvalue weighted by molar-refractivity contribution is 6.33. The van der Waals surface area contributed by atoms with Crippen LogP contribution in [0.4, 0.5) is 42.0 Å². The molecule has 5 aromatic rings. The fraction of sp³-hybridized carbons (Fsp3) is 0.532. The summed E-state index contributed by atoms with van der Waals surface area (Å²) in [5.41, 5.74) is 2.76. The normalized spacial score (nSPS) is 24.4. The lowest BCUT2D eigenvalue weighted by Gasteiger charge is -2.54. The molecule has 5 fully saturated rings. The number of hydrogen-bond acceptors (Lipinski definition) is 12. The summed E-state index contributed by atoms with van der Waals surface area (Å²) >= 11 is 6.59. The van der Waals surface area contributed by atoms with Gasteiger partial charge in [-0.3, -0.25) is 29.3 Å². The third kappa shape index (κ3) is 7.57. The number of pyridine rings is 1. The third-order valence-electron chi connectivity index (χ3n) is 15.2. The van der Waals surface area contributed by atoms with Crippen LogP contribution in [0.25, 0.3) is 21.8 Å². The maximum Gasteiger partial charge on any atom is 0.301 e. The standard InChI is InChI=1S/C47H53ClF3N11O4/c1-25-20-61(28-6-7-29-36(16-28)59(3)57-38(29)30-8-9-37(63)54-43(30)64)15-14-60(25)21-26-10-12-46(13-11-26)22-62(23-46)45-52-19-32(48)42(56-45)53-34-17-31-35(18-33(34)49)58(2)44(65)40-39(31)55-41(27-4-5-27)47(50,51)24-66-40/h6-7,16-19,25-27,30,41,55H,4-5,8-15,20-24H2,1-3H3,(H,52,53,56)(H,54,63,64)/t25-,30?,41?/m0/s1. The second kappa shape index (κ2) is 16.0. The van der Waals surface area contributed by atoms with E-state index in [4.69, 9.17) is 26.4 Å². The van der Waals surface area contributed by atoms with Crippen molar-refractivity contribution in [2.75, 3.05) is 66.3 Å². The van der Waals surface area contributed by atoms with E-state index in [1.807, 2.05) is 11.7 Å². The van der Waals surface area contributed by atoms with Gasteiger partial charge in [0.1, 0.15) is 10.8 Å². The Bertz CT molecular complexity index is 2850. The number of aryl methyl sites for hydroxylation is 2. The molecular formula is C47H53ClF3N11O4. The van der Waals surface area contributed by atoms with Crippen molar-refractivity contribution in [3.8, 4) is 5.75 Å². The molecule has 15 nitrogen and oxygen atoms in total. The number of piperidine rings is 1. The van der Waals surface area contributed by atoms with Crippen molar-refractivity contribution in [1.29, 1.82) is 0 Å². The predicted molar refractivity (Wildman–Crippen MR) is 246 cm³/mol. The lowest BCUT2D eigenvalue weighted by atomic mass is 9.66. The highest BCUT2D eigenvalue weighted by Crippen LogP contribution is 2.48. The van der Waals surface area contributed by atoms with Gasteiger partial charge >= 0.3 is 5.92 Å². The second-order valence-electron chi connectivity index (χ2n) is 19.7. The molecule has 3 atom stereocenters. The Kier molecular flexibility index (Phi) is 10.4. The number of carbonyl (C=O) groups excluding carboxylic acids is 2. The molecule has 4 aliphatic heterocycles. The second-order valence-corrected chi connectivity index (χ2v) is 20.1. The average molecular weight is 928 g/mol. The van der Waals surface area contributed by atoms with Gasteiger partial charge in [0.05, 0.1) is 46.3 Å². The zero-order valence-corrected chi connectivity index (χ0v) is 37.9. The number of carbonyl (C=O) groups is 2. The molecular weight excluding hydrogens is 875 g/mol. The van der Waals surface area contributed by atoms with Gasteiger partial charge in [-0.05, 0) is 88.0 Å². The Morgan fingerprint density at radius 3 is 2.50 bits per heavy atom. The van der Waals surface area contributed by atoms with Crippen molar-refractivity contribution in [2.24, 2.45) is 31.3 Å². The monoisotopic (exact) mass is 927 g/mol. The number of rotatable bonds is 8. The smallest absolute Gasteiger partial charge is 0.301 e. The van der Waals surface area contributed by atoms with Crippen LogP contribution in [0.2, 0.25) is 5.02 Å². The van der Waals surface area contributed by atoms with Gasteiger partial charge in [-0.25, -0.2) is 18.2 Å². The Balaban J connectivity index is 0.710. The molecule has 2 unspecified atom stereocenters. The fourth-order valence-corrected chi connectivity index (χ4v) is 11.4. The molecule has 348 valence electrons. The Hall–Kier alpha value is -5.62. The summed E-state index contributed by atoms with van der Waals surface area (Å²) in [7, 11) is 3.37. The molecule has 0 radical (unpaired) electrons. The molecule has 66 heavy (non-hydrogen) atoms. The number of hydrogen-bond donors (Lipinski definition) is 3. The van der Waals surface area contributed by atoms with E-state index >= 15 is 13.2 Å². The predicted octanol–water partition coefficient (Wildman–Crippen LogP) is 6.70. The Labute approximate surface area is 384 Å². The van der Waals surface area contributed by atoms with Gasteiger partial charge in [0.25, 0.3) is 5.56 Å². The largest absolute Gasteiger partial charge is 0.480 e. The molecule has 7 heterocycles. The van der Waals surface area contributed by atoms with E-state index in [-0.39, 0.29) is 56.6 Å². The number of halogens is 4. The first kappa shape index (κ1) is 43.0.